The van der Waals surface area contributed by atoms with Crippen LogP contribution in [0.15, 0.2) is 46.1 Å². The van der Waals surface area contributed by atoms with Gasteiger partial charge in [-0.15, -0.1) is 0 Å². The van der Waals surface area contributed by atoms with Crippen LogP contribution < -0.4 is 20.9 Å². The molecule has 0 amide bonds. The zero-order valence-electron chi connectivity index (χ0n) is 17.9. The van der Waals surface area contributed by atoms with Crippen molar-refractivity contribution in [1.82, 2.24) is 14.6 Å². The normalized spacial score (nSPS) is 25.9. The Labute approximate surface area is 191 Å². The molecule has 34 heavy (non-hydrogen) atoms. The third-order valence-electron chi connectivity index (χ3n) is 5.59. The van der Waals surface area contributed by atoms with Crippen LogP contribution in [-0.2, 0) is 18.6 Å². The van der Waals surface area contributed by atoms with Crippen LogP contribution in [0.1, 0.15) is 32.4 Å². The lowest BCUT2D eigenvalue weighted by atomic mass is 10.1. The Hall–Kier alpha value is -2.83. The fourth-order valence-corrected chi connectivity index (χ4v) is 5.64. The van der Waals surface area contributed by atoms with E-state index in [1.54, 1.807) is 18.2 Å². The lowest BCUT2D eigenvalue weighted by molar-refractivity contribution is -0.138. The minimum atomic E-state index is -4.30. The standard InChI is InChI=1S/C20H23FN3O9P/c1-11(18(27)28)23-34(30,32-12-5-3-2-4-6-12)33-20(7-8-20)16-14(25)9-15(31-16)24-10-13(21)17(26)22-19(24)29/h2-6,10-11,14-16,25H,7-9H2,1H3,(H,23,30)(H,27,28)(H,22,26,29)/t11-,14-,15+,16-,34+/m0/s1. The number of carboxylic acids is 1. The van der Waals surface area contributed by atoms with Crippen LogP contribution in [0.3, 0.4) is 0 Å². The fourth-order valence-electron chi connectivity index (χ4n) is 3.75. The highest BCUT2D eigenvalue weighted by molar-refractivity contribution is 7.52. The molecule has 1 aliphatic heterocycles. The minimum absolute atomic E-state index is 0.135. The average Bonchev–Trinajstić information content (AvgIpc) is 3.42. The van der Waals surface area contributed by atoms with E-state index in [-0.39, 0.29) is 12.2 Å². The number of carboxylic acid groups (broad SMARTS) is 1. The van der Waals surface area contributed by atoms with Crippen molar-refractivity contribution in [3.05, 3.63) is 63.2 Å². The maximum atomic E-state index is 13.7. The number of halogens is 1. The highest BCUT2D eigenvalue weighted by Gasteiger charge is 2.61. The van der Waals surface area contributed by atoms with Crippen LogP contribution in [0.4, 0.5) is 4.39 Å². The first-order valence-electron chi connectivity index (χ1n) is 10.4. The Morgan fingerprint density at radius 2 is 2.03 bits per heavy atom. The number of rotatable bonds is 9. The van der Waals surface area contributed by atoms with E-state index in [1.165, 1.54) is 19.1 Å². The number of hydrogen-bond donors (Lipinski definition) is 4. The van der Waals surface area contributed by atoms with Crippen molar-refractivity contribution in [2.24, 2.45) is 0 Å². The number of nitrogens with zero attached hydrogens (tertiary/aromatic N) is 1. The Bertz CT molecular complexity index is 1230. The molecule has 1 aromatic carbocycles. The first-order valence-corrected chi connectivity index (χ1v) is 12.0. The number of aliphatic carboxylic acids is 1. The first-order chi connectivity index (χ1) is 16.0. The van der Waals surface area contributed by atoms with E-state index in [4.69, 9.17) is 13.8 Å². The molecule has 2 fully saturated rings. The third-order valence-corrected chi connectivity index (χ3v) is 7.34. The van der Waals surface area contributed by atoms with E-state index < -0.39 is 60.9 Å². The van der Waals surface area contributed by atoms with Gasteiger partial charge in [-0.05, 0) is 31.9 Å². The molecule has 4 rings (SSSR count). The molecule has 1 saturated heterocycles. The van der Waals surface area contributed by atoms with Gasteiger partial charge >= 0.3 is 19.4 Å². The highest BCUT2D eigenvalue weighted by atomic mass is 31.2. The number of aromatic nitrogens is 2. The van der Waals surface area contributed by atoms with E-state index >= 15 is 0 Å². The molecule has 12 nitrogen and oxygen atoms in total. The molecule has 1 aliphatic carbocycles. The summed E-state index contributed by atoms with van der Waals surface area (Å²) >= 11 is 0. The summed E-state index contributed by atoms with van der Waals surface area (Å²) in [6.07, 6.45) is -2.28. The smallest absolute Gasteiger partial charge is 0.460 e. The maximum absolute atomic E-state index is 13.7. The summed E-state index contributed by atoms with van der Waals surface area (Å²) in [5, 5.41) is 22.3. The van der Waals surface area contributed by atoms with Crippen LogP contribution in [0.5, 0.6) is 5.75 Å². The van der Waals surface area contributed by atoms with Crippen molar-refractivity contribution in [1.29, 1.82) is 0 Å². The number of aliphatic hydroxyl groups excluding tert-OH is 1. The number of benzene rings is 1. The molecule has 2 heterocycles. The Morgan fingerprint density at radius 1 is 1.35 bits per heavy atom. The fraction of sp³-hybridized carbons (Fsp3) is 0.450. The van der Waals surface area contributed by atoms with Crippen LogP contribution in [0.25, 0.3) is 0 Å². The highest BCUT2D eigenvalue weighted by Crippen LogP contribution is 2.59. The van der Waals surface area contributed by atoms with Crippen LogP contribution >= 0.6 is 7.75 Å². The molecule has 14 heteroatoms. The summed E-state index contributed by atoms with van der Waals surface area (Å²) in [6, 6.07) is 6.69. The molecular weight excluding hydrogens is 476 g/mol. The maximum Gasteiger partial charge on any atom is 0.460 e. The van der Waals surface area contributed by atoms with Crippen molar-refractivity contribution in [3.8, 4) is 5.75 Å². The number of aromatic amines is 1. The van der Waals surface area contributed by atoms with Gasteiger partial charge in [0, 0.05) is 6.42 Å². The third kappa shape index (κ3) is 4.98. The second-order valence-corrected chi connectivity index (χ2v) is 9.82. The van der Waals surface area contributed by atoms with Gasteiger partial charge in [0.25, 0.3) is 5.56 Å². The summed E-state index contributed by atoms with van der Waals surface area (Å²) in [6.45, 7) is 1.26. The lowest BCUT2D eigenvalue weighted by Gasteiger charge is -2.30. The molecule has 0 spiro atoms. The summed E-state index contributed by atoms with van der Waals surface area (Å²) in [4.78, 5) is 36.6. The molecule has 4 N–H and O–H groups in total. The van der Waals surface area contributed by atoms with Crippen molar-refractivity contribution >= 4 is 13.7 Å². The second kappa shape index (κ2) is 9.08. The predicted octanol–water partition coefficient (Wildman–Crippen LogP) is 1.12. The van der Waals surface area contributed by atoms with Crippen LogP contribution in [0, 0.1) is 5.82 Å². The van der Waals surface area contributed by atoms with Crippen LogP contribution in [-0.4, -0.2) is 49.6 Å². The molecular formula is C20H23FN3O9P. The molecule has 184 valence electrons. The van der Waals surface area contributed by atoms with E-state index in [0.717, 1.165) is 4.57 Å². The summed E-state index contributed by atoms with van der Waals surface area (Å²) in [7, 11) is -4.30. The first kappa shape index (κ1) is 24.3. The zero-order chi connectivity index (χ0) is 24.7. The number of H-pyrrole nitrogens is 1. The van der Waals surface area contributed by atoms with Gasteiger partial charge in [0.1, 0.15) is 29.7 Å². The number of para-hydroxylation sites is 1. The summed E-state index contributed by atoms with van der Waals surface area (Å²) < 4.78 is 45.3. The second-order valence-electron chi connectivity index (χ2n) is 8.20. The number of hydrogen-bond acceptors (Lipinski definition) is 8. The van der Waals surface area contributed by atoms with Gasteiger partial charge < -0.3 is 19.5 Å². The van der Waals surface area contributed by atoms with Crippen LogP contribution in [0.2, 0.25) is 0 Å². The Morgan fingerprint density at radius 3 is 2.65 bits per heavy atom. The van der Waals surface area contributed by atoms with E-state index in [1.807, 2.05) is 4.98 Å². The Balaban J connectivity index is 1.58. The molecule has 0 bridgehead atoms. The van der Waals surface area contributed by atoms with E-state index in [0.29, 0.717) is 19.0 Å². The number of aliphatic hydroxyl groups is 1. The number of ether oxygens (including phenoxy) is 1. The molecule has 1 aromatic heterocycles. The van der Waals surface area contributed by atoms with Crippen molar-refractivity contribution in [3.63, 3.8) is 0 Å². The lowest BCUT2D eigenvalue weighted by Crippen LogP contribution is -2.41. The number of carbonyl (C=O) groups is 1. The monoisotopic (exact) mass is 499 g/mol. The largest absolute Gasteiger partial charge is 0.480 e. The van der Waals surface area contributed by atoms with Gasteiger partial charge in [-0.3, -0.25) is 23.7 Å². The van der Waals surface area contributed by atoms with Crippen molar-refractivity contribution in [2.75, 3.05) is 0 Å². The molecule has 0 radical (unpaired) electrons. The van der Waals surface area contributed by atoms with Gasteiger partial charge in [0.2, 0.25) is 5.82 Å². The van der Waals surface area contributed by atoms with E-state index in [2.05, 4.69) is 5.09 Å². The molecule has 2 aromatic rings. The van der Waals surface area contributed by atoms with E-state index in [9.17, 15) is 33.6 Å². The quantitative estimate of drug-likeness (QED) is 0.367. The van der Waals surface area contributed by atoms with Crippen molar-refractivity contribution < 1.29 is 37.7 Å². The van der Waals surface area contributed by atoms with Gasteiger partial charge in [-0.2, -0.15) is 9.48 Å². The summed E-state index contributed by atoms with van der Waals surface area (Å²) in [5.74, 6) is -2.33. The zero-order valence-corrected chi connectivity index (χ0v) is 18.8. The van der Waals surface area contributed by atoms with Crippen molar-refractivity contribution in [2.45, 2.75) is 56.3 Å². The SMILES string of the molecule is C[C@H](N[P@@](=O)(Oc1ccccc1)OC1([C@H]2O[C@@H](n3cc(F)c(=O)[nH]c3=O)C[C@@H]2O)CC1)C(=O)O. The molecule has 2 aliphatic rings. The van der Waals surface area contributed by atoms with Gasteiger partial charge in [0.05, 0.1) is 12.3 Å². The summed E-state index contributed by atoms with van der Waals surface area (Å²) in [5.41, 5.74) is -3.42. The molecule has 1 saturated carbocycles. The Kier molecular flexibility index (Phi) is 6.49. The predicted molar refractivity (Wildman–Crippen MR) is 114 cm³/mol. The minimum Gasteiger partial charge on any atom is -0.480 e. The van der Waals surface area contributed by atoms with Gasteiger partial charge in [0.15, 0.2) is 0 Å². The molecule has 5 atom stereocenters. The van der Waals surface area contributed by atoms with Gasteiger partial charge in [-0.25, -0.2) is 9.36 Å². The number of nitrogens with one attached hydrogen (secondary N) is 2. The average molecular weight is 499 g/mol. The van der Waals surface area contributed by atoms with Gasteiger partial charge in [-0.1, -0.05) is 18.2 Å². The molecule has 0 unspecified atom stereocenters. The topological polar surface area (TPSA) is 169 Å².